The van der Waals surface area contributed by atoms with Crippen LogP contribution in [0.5, 0.6) is 0 Å². The first-order valence-electron chi connectivity index (χ1n) is 7.99. The van der Waals surface area contributed by atoms with E-state index in [2.05, 4.69) is 38.8 Å². The summed E-state index contributed by atoms with van der Waals surface area (Å²) < 4.78 is 5.95. The van der Waals surface area contributed by atoms with Gasteiger partial charge in [-0.25, -0.2) is 0 Å². The minimum atomic E-state index is 0.132. The van der Waals surface area contributed by atoms with E-state index < -0.39 is 0 Å². The van der Waals surface area contributed by atoms with Crippen molar-refractivity contribution in [3.8, 4) is 11.5 Å². The second kappa shape index (κ2) is 6.26. The number of hydrogen-bond acceptors (Lipinski definition) is 5. The largest absolute Gasteiger partial charge is 0.419 e. The Morgan fingerprint density at radius 1 is 1.22 bits per heavy atom. The number of thiophene rings is 1. The molecule has 1 aliphatic heterocycles. The van der Waals surface area contributed by atoms with Crippen LogP contribution in [0.3, 0.4) is 0 Å². The van der Waals surface area contributed by atoms with E-state index in [0.29, 0.717) is 17.8 Å². The SMILES string of the molecule is C[C@H](c1nnc(-c2ccccc2)o1)N1CCC[C@@H]1c1ccsc1. The van der Waals surface area contributed by atoms with E-state index in [9.17, 15) is 0 Å². The summed E-state index contributed by atoms with van der Waals surface area (Å²) in [5, 5.41) is 12.9. The summed E-state index contributed by atoms with van der Waals surface area (Å²) in [5.41, 5.74) is 2.37. The molecule has 1 aromatic carbocycles. The predicted molar refractivity (Wildman–Crippen MR) is 91.1 cm³/mol. The molecule has 0 N–H and O–H groups in total. The molecule has 0 amide bonds. The Labute approximate surface area is 139 Å². The van der Waals surface area contributed by atoms with Gasteiger partial charge in [0.15, 0.2) is 0 Å². The highest BCUT2D eigenvalue weighted by Crippen LogP contribution is 2.39. The van der Waals surface area contributed by atoms with Gasteiger partial charge < -0.3 is 4.42 Å². The summed E-state index contributed by atoms with van der Waals surface area (Å²) in [5.74, 6) is 1.30. The molecule has 0 spiro atoms. The van der Waals surface area contributed by atoms with Crippen LogP contribution in [0.25, 0.3) is 11.5 Å². The molecule has 0 radical (unpaired) electrons. The topological polar surface area (TPSA) is 42.2 Å². The van der Waals surface area contributed by atoms with Gasteiger partial charge in [-0.2, -0.15) is 11.3 Å². The van der Waals surface area contributed by atoms with Gasteiger partial charge in [0.2, 0.25) is 11.8 Å². The Morgan fingerprint density at radius 2 is 2.09 bits per heavy atom. The standard InChI is InChI=1S/C18H19N3OS/c1-13(21-10-5-8-16(21)15-9-11-23-12-15)17-19-20-18(22-17)14-6-3-2-4-7-14/h2-4,6-7,9,11-13,16H,5,8,10H2,1H3/t13-,16-/m1/s1. The van der Waals surface area contributed by atoms with Gasteiger partial charge in [0.25, 0.3) is 0 Å². The summed E-state index contributed by atoms with van der Waals surface area (Å²) in [6, 6.07) is 12.8. The highest BCUT2D eigenvalue weighted by Gasteiger charge is 2.33. The fourth-order valence-corrected chi connectivity index (χ4v) is 4.02. The van der Waals surface area contributed by atoms with Crippen molar-refractivity contribution in [3.63, 3.8) is 0 Å². The van der Waals surface area contributed by atoms with Crippen LogP contribution in [0.2, 0.25) is 0 Å². The minimum absolute atomic E-state index is 0.132. The van der Waals surface area contributed by atoms with Gasteiger partial charge in [-0.05, 0) is 60.8 Å². The molecular weight excluding hydrogens is 306 g/mol. The molecule has 0 saturated carbocycles. The molecular formula is C18H19N3OS. The maximum Gasteiger partial charge on any atom is 0.247 e. The predicted octanol–water partition coefficient (Wildman–Crippen LogP) is 4.70. The van der Waals surface area contributed by atoms with Crippen molar-refractivity contribution in [2.75, 3.05) is 6.54 Å². The van der Waals surface area contributed by atoms with Crippen molar-refractivity contribution in [1.29, 1.82) is 0 Å². The van der Waals surface area contributed by atoms with E-state index in [4.69, 9.17) is 4.42 Å². The van der Waals surface area contributed by atoms with Crippen LogP contribution in [0.4, 0.5) is 0 Å². The second-order valence-corrected chi connectivity index (χ2v) is 6.72. The average Bonchev–Trinajstić information content (AvgIpc) is 3.34. The Balaban J connectivity index is 1.57. The average molecular weight is 325 g/mol. The number of aromatic nitrogens is 2. The molecule has 2 aromatic heterocycles. The first kappa shape index (κ1) is 14.6. The third kappa shape index (κ3) is 2.82. The lowest BCUT2D eigenvalue weighted by atomic mass is 10.1. The maximum atomic E-state index is 5.95. The molecule has 3 heterocycles. The zero-order valence-electron chi connectivity index (χ0n) is 13.1. The van der Waals surface area contributed by atoms with Crippen molar-refractivity contribution in [2.45, 2.75) is 31.8 Å². The summed E-state index contributed by atoms with van der Waals surface area (Å²) in [6.45, 7) is 3.23. The van der Waals surface area contributed by atoms with Crippen molar-refractivity contribution in [1.82, 2.24) is 15.1 Å². The Hall–Kier alpha value is -1.98. The van der Waals surface area contributed by atoms with Crippen LogP contribution in [-0.4, -0.2) is 21.6 Å². The third-order valence-corrected chi connectivity index (χ3v) is 5.24. The first-order chi connectivity index (χ1) is 11.3. The molecule has 0 unspecified atom stereocenters. The zero-order valence-corrected chi connectivity index (χ0v) is 13.9. The van der Waals surface area contributed by atoms with Crippen molar-refractivity contribution >= 4 is 11.3 Å². The number of nitrogens with zero attached hydrogens (tertiary/aromatic N) is 3. The molecule has 2 atom stereocenters. The maximum absolute atomic E-state index is 5.95. The van der Waals surface area contributed by atoms with E-state index in [1.54, 1.807) is 11.3 Å². The fourth-order valence-electron chi connectivity index (χ4n) is 3.32. The Kier molecular flexibility index (Phi) is 3.97. The molecule has 0 aliphatic carbocycles. The number of hydrogen-bond donors (Lipinski definition) is 0. The summed E-state index contributed by atoms with van der Waals surface area (Å²) in [4.78, 5) is 2.48. The summed E-state index contributed by atoms with van der Waals surface area (Å²) in [7, 11) is 0. The van der Waals surface area contributed by atoms with Crippen LogP contribution in [-0.2, 0) is 0 Å². The minimum Gasteiger partial charge on any atom is -0.419 e. The molecule has 1 saturated heterocycles. The van der Waals surface area contributed by atoms with Gasteiger partial charge >= 0.3 is 0 Å². The van der Waals surface area contributed by atoms with E-state index in [0.717, 1.165) is 12.1 Å². The lowest BCUT2D eigenvalue weighted by molar-refractivity contribution is 0.169. The van der Waals surface area contributed by atoms with Crippen molar-refractivity contribution in [2.24, 2.45) is 0 Å². The molecule has 1 fully saturated rings. The van der Waals surface area contributed by atoms with Gasteiger partial charge in [-0.1, -0.05) is 18.2 Å². The monoisotopic (exact) mass is 325 g/mol. The van der Waals surface area contributed by atoms with Crippen molar-refractivity contribution < 1.29 is 4.42 Å². The second-order valence-electron chi connectivity index (χ2n) is 5.94. The van der Waals surface area contributed by atoms with Gasteiger partial charge in [0.05, 0.1) is 6.04 Å². The Morgan fingerprint density at radius 3 is 2.87 bits per heavy atom. The summed E-state index contributed by atoms with van der Waals surface area (Å²) >= 11 is 1.76. The van der Waals surface area contributed by atoms with Crippen molar-refractivity contribution in [3.05, 3.63) is 58.6 Å². The van der Waals surface area contributed by atoms with Gasteiger partial charge in [0, 0.05) is 11.6 Å². The molecule has 4 nitrogen and oxygen atoms in total. The molecule has 5 heteroatoms. The highest BCUT2D eigenvalue weighted by molar-refractivity contribution is 7.07. The zero-order chi connectivity index (χ0) is 15.6. The van der Waals surface area contributed by atoms with E-state index in [1.807, 2.05) is 30.3 Å². The first-order valence-corrected chi connectivity index (χ1v) is 8.94. The van der Waals surface area contributed by atoms with E-state index in [1.165, 1.54) is 18.4 Å². The number of benzene rings is 1. The molecule has 118 valence electrons. The van der Waals surface area contributed by atoms with Gasteiger partial charge in [0.1, 0.15) is 0 Å². The molecule has 4 rings (SSSR count). The quantitative estimate of drug-likeness (QED) is 0.697. The van der Waals surface area contributed by atoms with Crippen LogP contribution in [0.1, 0.15) is 43.3 Å². The number of likely N-dealkylation sites (tertiary alicyclic amines) is 1. The van der Waals surface area contributed by atoms with Crippen LogP contribution in [0, 0.1) is 0 Å². The normalized spacial score (nSPS) is 20.0. The molecule has 1 aliphatic rings. The lowest BCUT2D eigenvalue weighted by Gasteiger charge is -2.28. The van der Waals surface area contributed by atoms with E-state index in [-0.39, 0.29) is 6.04 Å². The number of rotatable bonds is 4. The molecule has 23 heavy (non-hydrogen) atoms. The molecule has 0 bridgehead atoms. The lowest BCUT2D eigenvalue weighted by Crippen LogP contribution is -2.26. The molecule has 3 aromatic rings. The smallest absolute Gasteiger partial charge is 0.247 e. The fraction of sp³-hybridized carbons (Fsp3) is 0.333. The highest BCUT2D eigenvalue weighted by atomic mass is 32.1. The van der Waals surface area contributed by atoms with E-state index >= 15 is 0 Å². The van der Waals surface area contributed by atoms with Crippen LogP contribution >= 0.6 is 11.3 Å². The van der Waals surface area contributed by atoms with Crippen LogP contribution < -0.4 is 0 Å². The van der Waals surface area contributed by atoms with Crippen LogP contribution in [0.15, 0.2) is 51.6 Å². The summed E-state index contributed by atoms with van der Waals surface area (Å²) in [6.07, 6.45) is 2.41. The van der Waals surface area contributed by atoms with Gasteiger partial charge in [-0.15, -0.1) is 10.2 Å². The third-order valence-electron chi connectivity index (χ3n) is 4.54. The Bertz CT molecular complexity index is 754. The van der Waals surface area contributed by atoms with Gasteiger partial charge in [-0.3, -0.25) is 4.90 Å².